The van der Waals surface area contributed by atoms with Crippen LogP contribution in [0.25, 0.3) is 44.4 Å². The van der Waals surface area contributed by atoms with E-state index in [0.717, 1.165) is 75.0 Å². The Hall–Kier alpha value is -6.52. The number of H-pyrrole nitrogens is 2. The van der Waals surface area contributed by atoms with Crippen LogP contribution in [0.4, 0.5) is 9.59 Å². The molecule has 6 aromatic rings. The zero-order valence-corrected chi connectivity index (χ0v) is 34.3. The molecule has 4 N–H and O–H groups in total. The first kappa shape index (κ1) is 40.3. The Labute approximate surface area is 350 Å². The highest BCUT2D eigenvalue weighted by Crippen LogP contribution is 2.36. The number of aromatic nitrogens is 4. The first-order valence-corrected chi connectivity index (χ1v) is 20.7. The third-order valence-corrected chi connectivity index (χ3v) is 12.1. The number of likely N-dealkylation sites (tertiary alicyclic amines) is 2. The highest BCUT2D eigenvalue weighted by molar-refractivity contribution is 7.10. The van der Waals surface area contributed by atoms with Gasteiger partial charge < -0.3 is 44.6 Å². The van der Waals surface area contributed by atoms with Crippen LogP contribution in [-0.2, 0) is 23.8 Å². The molecule has 0 spiro atoms. The van der Waals surface area contributed by atoms with Crippen LogP contribution in [0.2, 0.25) is 0 Å². The maximum Gasteiger partial charge on any atom is 0.407 e. The number of imidazole rings is 2. The molecule has 0 saturated carbocycles. The number of nitrogens with zero attached hydrogens (tertiary/aromatic N) is 4. The smallest absolute Gasteiger partial charge is 0.407 e. The van der Waals surface area contributed by atoms with Crippen molar-refractivity contribution in [2.75, 3.05) is 41.0 Å². The number of hydrogen-bond acceptors (Lipinski definition) is 10. The lowest BCUT2D eigenvalue weighted by atomic mass is 9.98. The lowest BCUT2D eigenvalue weighted by molar-refractivity contribution is -0.136. The molecule has 60 heavy (non-hydrogen) atoms. The van der Waals surface area contributed by atoms with Crippen molar-refractivity contribution in [1.29, 1.82) is 0 Å². The van der Waals surface area contributed by atoms with E-state index in [1.54, 1.807) is 22.2 Å². The number of carbonyl (C=O) groups excluding carboxylic acids is 4. The molecule has 0 aliphatic carbocycles. The van der Waals surface area contributed by atoms with Crippen LogP contribution in [0.1, 0.15) is 60.3 Å². The second-order valence-electron chi connectivity index (χ2n) is 14.8. The molecule has 0 unspecified atom stereocenters. The molecule has 3 aromatic heterocycles. The van der Waals surface area contributed by atoms with Gasteiger partial charge in [0.1, 0.15) is 23.7 Å². The monoisotopic (exact) mass is 830 g/mol. The number of aromatic amines is 2. The van der Waals surface area contributed by atoms with E-state index >= 15 is 0 Å². The summed E-state index contributed by atoms with van der Waals surface area (Å²) in [5.41, 5.74) is 5.79. The van der Waals surface area contributed by atoms with Gasteiger partial charge in [-0.15, -0.1) is 11.3 Å². The van der Waals surface area contributed by atoms with E-state index in [1.165, 1.54) is 32.7 Å². The lowest BCUT2D eigenvalue weighted by Crippen LogP contribution is -2.50. The molecule has 0 radical (unpaired) electrons. The number of carbonyl (C=O) groups is 4. The fourth-order valence-electron chi connectivity index (χ4n) is 8.17. The minimum Gasteiger partial charge on any atom is -0.453 e. The van der Waals surface area contributed by atoms with E-state index in [4.69, 9.17) is 19.2 Å². The number of hydrogen-bond donors (Lipinski definition) is 4. The summed E-state index contributed by atoms with van der Waals surface area (Å²) < 4.78 is 14.7. The number of alkyl carbamates (subject to hydrolysis) is 2. The highest BCUT2D eigenvalue weighted by Gasteiger charge is 2.38. The van der Waals surface area contributed by atoms with Crippen LogP contribution >= 0.6 is 11.3 Å². The number of nitrogens with one attached hydrogen (secondary N) is 4. The van der Waals surface area contributed by atoms with Crippen LogP contribution in [-0.4, -0.2) is 101 Å². The Morgan fingerprint density at radius 2 is 1.27 bits per heavy atom. The molecule has 0 bridgehead atoms. The summed E-state index contributed by atoms with van der Waals surface area (Å²) in [6.07, 6.45) is 5.40. The minimum atomic E-state index is -0.866. The van der Waals surface area contributed by atoms with Crippen molar-refractivity contribution < 1.29 is 33.4 Å². The average molecular weight is 831 g/mol. The molecule has 16 heteroatoms. The molecule has 2 fully saturated rings. The van der Waals surface area contributed by atoms with Gasteiger partial charge in [0, 0.05) is 30.6 Å². The molecule has 15 nitrogen and oxygen atoms in total. The van der Waals surface area contributed by atoms with Crippen molar-refractivity contribution in [3.05, 3.63) is 107 Å². The molecule has 2 aliphatic rings. The Morgan fingerprint density at radius 3 is 1.87 bits per heavy atom. The van der Waals surface area contributed by atoms with Crippen molar-refractivity contribution in [3.8, 4) is 33.6 Å². The van der Waals surface area contributed by atoms with Gasteiger partial charge in [0.15, 0.2) is 0 Å². The Bertz CT molecular complexity index is 2480. The Kier molecular flexibility index (Phi) is 11.9. The van der Waals surface area contributed by atoms with E-state index in [9.17, 15) is 19.2 Å². The second-order valence-corrected chi connectivity index (χ2v) is 15.8. The summed E-state index contributed by atoms with van der Waals surface area (Å²) >= 11 is 1.41. The van der Waals surface area contributed by atoms with Crippen molar-refractivity contribution in [2.45, 2.75) is 49.9 Å². The molecule has 8 rings (SSSR count). The number of thiophene rings is 1. The van der Waals surface area contributed by atoms with Gasteiger partial charge in [-0.1, -0.05) is 54.6 Å². The third-order valence-electron chi connectivity index (χ3n) is 11.2. The number of amides is 4. The average Bonchev–Trinajstić information content (AvgIpc) is 4.14. The summed E-state index contributed by atoms with van der Waals surface area (Å²) in [4.78, 5) is 71.9. The molecule has 310 valence electrons. The predicted octanol–water partition coefficient (Wildman–Crippen LogP) is 7.14. The Morgan fingerprint density at radius 1 is 0.717 bits per heavy atom. The van der Waals surface area contributed by atoms with Crippen LogP contribution in [0.3, 0.4) is 0 Å². The van der Waals surface area contributed by atoms with Crippen molar-refractivity contribution in [1.82, 2.24) is 40.4 Å². The first-order valence-electron chi connectivity index (χ1n) is 19.8. The van der Waals surface area contributed by atoms with E-state index in [1.807, 2.05) is 17.5 Å². The molecular weight excluding hydrogens is 785 g/mol. The summed E-state index contributed by atoms with van der Waals surface area (Å²) in [6.45, 7) is 1.14. The third kappa shape index (κ3) is 8.33. The highest BCUT2D eigenvalue weighted by atomic mass is 32.1. The molecule has 4 amide bonds. The molecule has 2 aliphatic heterocycles. The molecule has 4 atom stereocenters. The largest absolute Gasteiger partial charge is 0.453 e. The van der Waals surface area contributed by atoms with Crippen molar-refractivity contribution in [3.63, 3.8) is 0 Å². The fourth-order valence-corrected chi connectivity index (χ4v) is 8.93. The van der Waals surface area contributed by atoms with Crippen LogP contribution in [0.15, 0.2) is 90.6 Å². The van der Waals surface area contributed by atoms with E-state index in [0.29, 0.717) is 24.7 Å². The van der Waals surface area contributed by atoms with E-state index < -0.39 is 24.3 Å². The van der Waals surface area contributed by atoms with Gasteiger partial charge in [-0.3, -0.25) is 9.59 Å². The topological polar surface area (TPSA) is 184 Å². The lowest BCUT2D eigenvalue weighted by Gasteiger charge is -2.27. The van der Waals surface area contributed by atoms with Gasteiger partial charge >= 0.3 is 12.2 Å². The van der Waals surface area contributed by atoms with Crippen molar-refractivity contribution >= 4 is 46.1 Å². The zero-order valence-electron chi connectivity index (χ0n) is 33.5. The molecule has 3 aromatic carbocycles. The summed E-state index contributed by atoms with van der Waals surface area (Å²) in [7, 11) is 4.02. The summed E-state index contributed by atoms with van der Waals surface area (Å²) in [5, 5.41) is 9.33. The van der Waals surface area contributed by atoms with Gasteiger partial charge in [-0.25, -0.2) is 19.6 Å². The second kappa shape index (κ2) is 17.8. The van der Waals surface area contributed by atoms with Gasteiger partial charge in [-0.2, -0.15) is 0 Å². The Balaban J connectivity index is 0.938. The number of methoxy groups -OCH3 is 3. The maximum absolute atomic E-state index is 13.8. The van der Waals surface area contributed by atoms with E-state index in [2.05, 4.69) is 86.2 Å². The van der Waals surface area contributed by atoms with Gasteiger partial charge in [0.25, 0.3) is 5.91 Å². The van der Waals surface area contributed by atoms with Gasteiger partial charge in [0.05, 0.1) is 56.7 Å². The van der Waals surface area contributed by atoms with Crippen LogP contribution in [0, 0.1) is 0 Å². The predicted molar refractivity (Wildman–Crippen MR) is 226 cm³/mol. The molecule has 2 saturated heterocycles. The minimum absolute atomic E-state index is 0.0282. The SMILES string of the molecule is COC[C@H](NC(=O)OC)C(=O)N1CCC[C@H]1c1ncc(-c2ccc3cc(-c4ccc(-c5cnc([C@@H]6CCCN6C(=O)[C@H](NC(=O)OC)c6cccs6)[nH]5)cc4)ccc3c2)[nH]1. The van der Waals surface area contributed by atoms with Crippen LogP contribution < -0.4 is 10.6 Å². The van der Waals surface area contributed by atoms with Crippen LogP contribution in [0.5, 0.6) is 0 Å². The number of benzene rings is 3. The number of fused-ring (bicyclic) bond motifs is 1. The molecule has 5 heterocycles. The molecular formula is C44H46N8O7S. The quantitative estimate of drug-likeness (QED) is 0.0996. The first-order chi connectivity index (χ1) is 29.2. The standard InChI is InChI=1S/C44H46N8O7S/c1-57-25-34(49-43(55)58-2)41(53)51-18-4-7-35(51)39-46-24-33(48-39)31-17-16-29-21-28(14-15-30(29)22-31)26-10-12-27(13-11-26)32-23-45-40(47-32)36-8-5-19-52(36)42(54)38(50-44(56)59-3)37-9-6-20-60-37/h6,9-17,20-24,34-36,38H,4-5,7-8,18-19,25H2,1-3H3,(H,45,47)(H,46,48)(H,49,55)(H,50,56)/t34-,35-,36-,38+/m0/s1. The zero-order chi connectivity index (χ0) is 41.8. The summed E-state index contributed by atoms with van der Waals surface area (Å²) in [5.74, 6) is 0.964. The number of rotatable bonds is 12. The summed E-state index contributed by atoms with van der Waals surface area (Å²) in [6, 6.07) is 22.5. The van der Waals surface area contributed by atoms with Gasteiger partial charge in [-0.05, 0) is 76.7 Å². The maximum atomic E-state index is 13.8. The fraction of sp³-hybridized carbons (Fsp3) is 0.318. The van der Waals surface area contributed by atoms with E-state index in [-0.39, 0.29) is 30.5 Å². The number of ether oxygens (including phenoxy) is 3. The van der Waals surface area contributed by atoms with Gasteiger partial charge in [0.2, 0.25) is 5.91 Å². The normalized spacial score (nSPS) is 17.4. The van der Waals surface area contributed by atoms with Crippen molar-refractivity contribution in [2.24, 2.45) is 0 Å².